The zero-order chi connectivity index (χ0) is 13.9. The van der Waals surface area contributed by atoms with Crippen LogP contribution in [0.3, 0.4) is 0 Å². The molecule has 1 fully saturated rings. The molecule has 19 heavy (non-hydrogen) atoms. The Kier molecular flexibility index (Phi) is 4.31. The number of nitrogens with two attached hydrogens (primary N) is 1. The van der Waals surface area contributed by atoms with Crippen LogP contribution in [0.5, 0.6) is 5.75 Å². The van der Waals surface area contributed by atoms with Crippen LogP contribution in [0.4, 0.5) is 13.2 Å². The average Bonchev–Trinajstić information content (AvgIpc) is 2.89. The first-order valence-corrected chi connectivity index (χ1v) is 6.11. The van der Waals surface area contributed by atoms with Gasteiger partial charge in [0, 0.05) is 18.6 Å². The van der Waals surface area contributed by atoms with Crippen molar-refractivity contribution in [2.45, 2.75) is 18.6 Å². The molecule has 1 aromatic carbocycles. The fourth-order valence-electron chi connectivity index (χ4n) is 2.04. The topological polar surface area (TPSA) is 44.5 Å². The van der Waals surface area contributed by atoms with Crippen molar-refractivity contribution in [2.24, 2.45) is 11.7 Å². The summed E-state index contributed by atoms with van der Waals surface area (Å²) in [6.45, 7) is 1.25. The van der Waals surface area contributed by atoms with Gasteiger partial charge in [0.15, 0.2) is 0 Å². The summed E-state index contributed by atoms with van der Waals surface area (Å²) in [5.41, 5.74) is 5.13. The number of halogens is 3. The Morgan fingerprint density at radius 2 is 2.11 bits per heavy atom. The van der Waals surface area contributed by atoms with Gasteiger partial charge in [0.25, 0.3) is 0 Å². The third kappa shape index (κ3) is 3.61. The molecule has 2 unspecified atom stereocenters. The molecule has 1 saturated heterocycles. The van der Waals surface area contributed by atoms with E-state index in [2.05, 4.69) is 0 Å². The second-order valence-electron chi connectivity index (χ2n) is 4.59. The highest BCUT2D eigenvalue weighted by Gasteiger charge is 2.34. The van der Waals surface area contributed by atoms with Gasteiger partial charge in [0.2, 0.25) is 0 Å². The lowest BCUT2D eigenvalue weighted by Gasteiger charge is -2.20. The molecule has 0 saturated carbocycles. The molecule has 2 N–H and O–H groups in total. The zero-order valence-corrected chi connectivity index (χ0v) is 10.3. The summed E-state index contributed by atoms with van der Waals surface area (Å²) < 4.78 is 48.7. The normalized spacial score (nSPS) is 21.4. The summed E-state index contributed by atoms with van der Waals surface area (Å²) in [6.07, 6.45) is -3.59. The van der Waals surface area contributed by atoms with Crippen LogP contribution in [-0.4, -0.2) is 25.9 Å². The Morgan fingerprint density at radius 1 is 1.37 bits per heavy atom. The second-order valence-corrected chi connectivity index (χ2v) is 4.59. The standard InChI is InChI=1S/C13H16F3NO2/c14-13(15,16)10-3-1-2-4-12(10)19-8-11(17)9-5-6-18-7-9/h1-4,9,11H,5-8,17H2. The van der Waals surface area contributed by atoms with E-state index in [1.165, 1.54) is 18.2 Å². The van der Waals surface area contributed by atoms with Crippen molar-refractivity contribution in [1.82, 2.24) is 0 Å². The Morgan fingerprint density at radius 3 is 2.74 bits per heavy atom. The maximum atomic E-state index is 12.7. The molecule has 0 radical (unpaired) electrons. The van der Waals surface area contributed by atoms with Crippen LogP contribution in [-0.2, 0) is 10.9 Å². The molecule has 1 aliphatic heterocycles. The molecular formula is C13H16F3NO2. The molecule has 0 spiro atoms. The van der Waals surface area contributed by atoms with Crippen LogP contribution in [0.25, 0.3) is 0 Å². The Hall–Kier alpha value is -1.27. The van der Waals surface area contributed by atoms with Crippen molar-refractivity contribution in [3.8, 4) is 5.75 Å². The highest BCUT2D eigenvalue weighted by molar-refractivity contribution is 5.35. The van der Waals surface area contributed by atoms with Crippen molar-refractivity contribution >= 4 is 0 Å². The molecule has 1 heterocycles. The number of ether oxygens (including phenoxy) is 2. The van der Waals surface area contributed by atoms with Crippen molar-refractivity contribution in [3.05, 3.63) is 29.8 Å². The van der Waals surface area contributed by atoms with Gasteiger partial charge < -0.3 is 15.2 Å². The summed E-state index contributed by atoms with van der Waals surface area (Å²) in [5.74, 6) is -0.0255. The first-order valence-electron chi connectivity index (χ1n) is 6.11. The van der Waals surface area contributed by atoms with E-state index in [-0.39, 0.29) is 24.3 Å². The lowest BCUT2D eigenvalue weighted by Crippen LogP contribution is -2.36. The van der Waals surface area contributed by atoms with Gasteiger partial charge in [0.1, 0.15) is 12.4 Å². The summed E-state index contributed by atoms with van der Waals surface area (Å²) in [7, 11) is 0. The van der Waals surface area contributed by atoms with E-state index < -0.39 is 11.7 Å². The minimum Gasteiger partial charge on any atom is -0.491 e. The predicted molar refractivity (Wildman–Crippen MR) is 63.8 cm³/mol. The Labute approximate surface area is 109 Å². The molecule has 2 rings (SSSR count). The maximum absolute atomic E-state index is 12.7. The molecule has 0 aliphatic carbocycles. The predicted octanol–water partition coefficient (Wildman–Crippen LogP) is 2.45. The summed E-state index contributed by atoms with van der Waals surface area (Å²) in [5, 5.41) is 0. The molecule has 1 aromatic rings. The molecule has 0 amide bonds. The van der Waals surface area contributed by atoms with E-state index in [4.69, 9.17) is 15.2 Å². The van der Waals surface area contributed by atoms with Gasteiger partial charge in [-0.05, 0) is 18.6 Å². The SMILES string of the molecule is NC(COc1ccccc1C(F)(F)F)C1CCOC1. The van der Waals surface area contributed by atoms with Crippen LogP contribution in [0.1, 0.15) is 12.0 Å². The van der Waals surface area contributed by atoms with Crippen molar-refractivity contribution < 1.29 is 22.6 Å². The van der Waals surface area contributed by atoms with Crippen LogP contribution >= 0.6 is 0 Å². The summed E-state index contributed by atoms with van der Waals surface area (Å²) >= 11 is 0. The maximum Gasteiger partial charge on any atom is 0.419 e. The fourth-order valence-corrected chi connectivity index (χ4v) is 2.04. The van der Waals surface area contributed by atoms with E-state index in [0.29, 0.717) is 13.2 Å². The van der Waals surface area contributed by atoms with E-state index in [1.807, 2.05) is 0 Å². The van der Waals surface area contributed by atoms with Crippen LogP contribution in [0, 0.1) is 5.92 Å². The number of hydrogen-bond donors (Lipinski definition) is 1. The average molecular weight is 275 g/mol. The van der Waals surface area contributed by atoms with E-state index in [0.717, 1.165) is 12.5 Å². The summed E-state index contributed by atoms with van der Waals surface area (Å²) in [6, 6.07) is 4.83. The van der Waals surface area contributed by atoms with Gasteiger partial charge in [-0.15, -0.1) is 0 Å². The first kappa shape index (κ1) is 14.1. The fraction of sp³-hybridized carbons (Fsp3) is 0.538. The van der Waals surface area contributed by atoms with Gasteiger partial charge in [-0.25, -0.2) is 0 Å². The monoisotopic (exact) mass is 275 g/mol. The lowest BCUT2D eigenvalue weighted by molar-refractivity contribution is -0.139. The van der Waals surface area contributed by atoms with E-state index in [9.17, 15) is 13.2 Å². The number of alkyl halides is 3. The summed E-state index contributed by atoms with van der Waals surface area (Å²) in [4.78, 5) is 0. The Bertz CT molecular complexity index is 417. The molecule has 0 aromatic heterocycles. The molecule has 1 aliphatic rings. The number of rotatable bonds is 4. The molecule has 6 heteroatoms. The highest BCUT2D eigenvalue weighted by atomic mass is 19.4. The highest BCUT2D eigenvalue weighted by Crippen LogP contribution is 2.36. The second kappa shape index (κ2) is 5.79. The first-order chi connectivity index (χ1) is 8.98. The van der Waals surface area contributed by atoms with Crippen LogP contribution < -0.4 is 10.5 Å². The molecule has 106 valence electrons. The third-order valence-corrected chi connectivity index (χ3v) is 3.19. The van der Waals surface area contributed by atoms with Crippen LogP contribution in [0.2, 0.25) is 0 Å². The lowest BCUT2D eigenvalue weighted by atomic mass is 10.0. The smallest absolute Gasteiger partial charge is 0.419 e. The van der Waals surface area contributed by atoms with Crippen molar-refractivity contribution in [2.75, 3.05) is 19.8 Å². The Balaban J connectivity index is 1.99. The van der Waals surface area contributed by atoms with Crippen LogP contribution in [0.15, 0.2) is 24.3 Å². The van der Waals surface area contributed by atoms with Crippen molar-refractivity contribution in [3.63, 3.8) is 0 Å². The molecular weight excluding hydrogens is 259 g/mol. The quantitative estimate of drug-likeness (QED) is 0.918. The number of benzene rings is 1. The third-order valence-electron chi connectivity index (χ3n) is 3.19. The van der Waals surface area contributed by atoms with Gasteiger partial charge in [-0.1, -0.05) is 12.1 Å². The van der Waals surface area contributed by atoms with Gasteiger partial charge in [-0.3, -0.25) is 0 Å². The van der Waals surface area contributed by atoms with Crippen molar-refractivity contribution in [1.29, 1.82) is 0 Å². The molecule has 3 nitrogen and oxygen atoms in total. The minimum atomic E-state index is -4.42. The van der Waals surface area contributed by atoms with Gasteiger partial charge in [-0.2, -0.15) is 13.2 Å². The number of hydrogen-bond acceptors (Lipinski definition) is 3. The molecule has 2 atom stereocenters. The number of para-hydroxylation sites is 1. The molecule has 0 bridgehead atoms. The van der Waals surface area contributed by atoms with E-state index in [1.54, 1.807) is 0 Å². The van der Waals surface area contributed by atoms with Gasteiger partial charge in [0.05, 0.1) is 12.2 Å². The van der Waals surface area contributed by atoms with Gasteiger partial charge >= 0.3 is 6.18 Å². The largest absolute Gasteiger partial charge is 0.491 e. The minimum absolute atomic E-state index is 0.0567. The zero-order valence-electron chi connectivity index (χ0n) is 10.3. The van der Waals surface area contributed by atoms with E-state index >= 15 is 0 Å².